The van der Waals surface area contributed by atoms with E-state index in [0.717, 1.165) is 0 Å². The fraction of sp³-hybridized carbons (Fsp3) is 0.125. The largest absolute Gasteiger partial charge is 0.371 e. The lowest BCUT2D eigenvalue weighted by molar-refractivity contribution is -0.384. The second-order valence-corrected chi connectivity index (χ2v) is 3.83. The second kappa shape index (κ2) is 4.87. The lowest BCUT2D eigenvalue weighted by Gasteiger charge is -2.05. The van der Waals surface area contributed by atoms with Crippen molar-refractivity contribution in [2.45, 2.75) is 6.54 Å². The Kier molecular flexibility index (Phi) is 3.28. The third-order valence-electron chi connectivity index (χ3n) is 1.91. The minimum absolute atomic E-state index is 0.122. The maximum absolute atomic E-state index is 10.8. The van der Waals surface area contributed by atoms with Crippen molar-refractivity contribution in [3.8, 4) is 0 Å². The van der Waals surface area contributed by atoms with Gasteiger partial charge in [0.2, 0.25) is 6.39 Å². The molecule has 0 amide bonds. The summed E-state index contributed by atoms with van der Waals surface area (Å²) in [6.45, 7) is 0.222. The quantitative estimate of drug-likeness (QED) is 0.677. The number of nitro groups is 1. The van der Waals surface area contributed by atoms with Crippen LogP contribution in [0.1, 0.15) is 5.82 Å². The minimum atomic E-state index is -0.518. The van der Waals surface area contributed by atoms with Crippen LogP contribution in [0.2, 0.25) is 0 Å². The lowest BCUT2D eigenvalue weighted by atomic mass is 10.3. The molecule has 0 aliphatic carbocycles. The summed E-state index contributed by atoms with van der Waals surface area (Å²) in [6, 6.07) is 0. The van der Waals surface area contributed by atoms with Crippen LogP contribution in [-0.2, 0) is 6.54 Å². The first-order valence-corrected chi connectivity index (χ1v) is 5.25. The van der Waals surface area contributed by atoms with Crippen molar-refractivity contribution in [2.75, 3.05) is 5.32 Å². The van der Waals surface area contributed by atoms with Crippen molar-refractivity contribution in [2.24, 2.45) is 0 Å². The number of anilines is 1. The van der Waals surface area contributed by atoms with Crippen LogP contribution < -0.4 is 5.32 Å². The molecule has 0 aliphatic heterocycles. The van der Waals surface area contributed by atoms with E-state index in [2.05, 4.69) is 40.9 Å². The maximum atomic E-state index is 10.8. The zero-order chi connectivity index (χ0) is 12.3. The van der Waals surface area contributed by atoms with Crippen LogP contribution >= 0.6 is 15.9 Å². The molecule has 0 radical (unpaired) electrons. The van der Waals surface area contributed by atoms with Gasteiger partial charge in [0.1, 0.15) is 11.9 Å². The number of nitrogens with one attached hydrogen (secondary N) is 1. The smallest absolute Gasteiger partial charge is 0.311 e. The van der Waals surface area contributed by atoms with Gasteiger partial charge in [-0.15, -0.1) is 0 Å². The van der Waals surface area contributed by atoms with E-state index < -0.39 is 4.92 Å². The standard InChI is InChI=1S/C8H6BrN5O3/c9-5-1-10-2-6(14(15)16)8(5)11-3-7-12-4-17-13-7/h1-2,4H,3H2,(H,10,11). The molecule has 8 nitrogen and oxygen atoms in total. The van der Waals surface area contributed by atoms with Crippen LogP contribution in [-0.4, -0.2) is 20.0 Å². The molecule has 2 rings (SSSR count). The number of pyridine rings is 1. The molecule has 1 N–H and O–H groups in total. The number of hydrogen-bond donors (Lipinski definition) is 1. The van der Waals surface area contributed by atoms with E-state index in [4.69, 9.17) is 0 Å². The Hall–Kier alpha value is -2.03. The highest BCUT2D eigenvalue weighted by Gasteiger charge is 2.17. The van der Waals surface area contributed by atoms with Crippen molar-refractivity contribution in [1.82, 2.24) is 15.1 Å². The van der Waals surface area contributed by atoms with E-state index in [-0.39, 0.29) is 12.2 Å². The molecule has 0 atom stereocenters. The van der Waals surface area contributed by atoms with Gasteiger partial charge in [0, 0.05) is 6.20 Å². The van der Waals surface area contributed by atoms with Gasteiger partial charge in [-0.2, -0.15) is 4.98 Å². The third kappa shape index (κ3) is 2.56. The summed E-state index contributed by atoms with van der Waals surface area (Å²) < 4.78 is 5.05. The fourth-order valence-corrected chi connectivity index (χ4v) is 1.64. The van der Waals surface area contributed by atoms with Gasteiger partial charge in [0.25, 0.3) is 0 Å². The van der Waals surface area contributed by atoms with Gasteiger partial charge >= 0.3 is 5.69 Å². The minimum Gasteiger partial charge on any atom is -0.371 e. The lowest BCUT2D eigenvalue weighted by Crippen LogP contribution is -2.05. The molecular weight excluding hydrogens is 294 g/mol. The summed E-state index contributed by atoms with van der Waals surface area (Å²) in [4.78, 5) is 17.8. The molecule has 0 aromatic carbocycles. The number of hydrogen-bond acceptors (Lipinski definition) is 7. The van der Waals surface area contributed by atoms with Gasteiger partial charge in [0.05, 0.1) is 15.9 Å². The molecule has 2 heterocycles. The van der Waals surface area contributed by atoms with Crippen molar-refractivity contribution in [1.29, 1.82) is 0 Å². The first-order valence-electron chi connectivity index (χ1n) is 4.45. The van der Waals surface area contributed by atoms with E-state index in [1.807, 2.05) is 0 Å². The summed E-state index contributed by atoms with van der Waals surface area (Å²) in [7, 11) is 0. The van der Waals surface area contributed by atoms with E-state index >= 15 is 0 Å². The van der Waals surface area contributed by atoms with Crippen LogP contribution in [0.25, 0.3) is 0 Å². The summed E-state index contributed by atoms with van der Waals surface area (Å²) in [5.41, 5.74) is 0.206. The fourth-order valence-electron chi connectivity index (χ4n) is 1.18. The second-order valence-electron chi connectivity index (χ2n) is 2.97. The monoisotopic (exact) mass is 299 g/mol. The van der Waals surface area contributed by atoms with Crippen LogP contribution in [0.3, 0.4) is 0 Å². The zero-order valence-electron chi connectivity index (χ0n) is 8.33. The Bertz CT molecular complexity index is 530. The molecule has 2 aromatic rings. The predicted octanol–water partition coefficient (Wildman–Crippen LogP) is 1.75. The first kappa shape index (κ1) is 11.5. The van der Waals surface area contributed by atoms with Crippen LogP contribution in [0.4, 0.5) is 11.4 Å². The molecular formula is C8H6BrN5O3. The topological polar surface area (TPSA) is 107 Å². The molecule has 0 saturated heterocycles. The highest BCUT2D eigenvalue weighted by molar-refractivity contribution is 9.10. The van der Waals surface area contributed by atoms with Gasteiger partial charge in [-0.3, -0.25) is 15.1 Å². The number of halogens is 1. The van der Waals surface area contributed by atoms with Crippen molar-refractivity contribution >= 4 is 27.3 Å². The Morgan fingerprint density at radius 3 is 3.00 bits per heavy atom. The highest BCUT2D eigenvalue weighted by Crippen LogP contribution is 2.31. The van der Waals surface area contributed by atoms with Gasteiger partial charge in [-0.25, -0.2) is 0 Å². The molecule has 17 heavy (non-hydrogen) atoms. The van der Waals surface area contributed by atoms with Crippen molar-refractivity contribution < 1.29 is 9.45 Å². The average Bonchev–Trinajstić information content (AvgIpc) is 2.80. The van der Waals surface area contributed by atoms with Crippen molar-refractivity contribution in [3.05, 3.63) is 39.2 Å². The average molecular weight is 300 g/mol. The van der Waals surface area contributed by atoms with E-state index in [9.17, 15) is 10.1 Å². The van der Waals surface area contributed by atoms with Gasteiger partial charge in [-0.1, -0.05) is 5.16 Å². The van der Waals surface area contributed by atoms with Gasteiger partial charge < -0.3 is 9.84 Å². The molecule has 0 unspecified atom stereocenters. The van der Waals surface area contributed by atoms with Crippen LogP contribution in [0.15, 0.2) is 27.8 Å². The summed E-state index contributed by atoms with van der Waals surface area (Å²) in [5, 5.41) is 17.2. The first-order chi connectivity index (χ1) is 8.18. The van der Waals surface area contributed by atoms with E-state index in [1.165, 1.54) is 18.8 Å². The number of aromatic nitrogens is 3. The zero-order valence-corrected chi connectivity index (χ0v) is 9.92. The van der Waals surface area contributed by atoms with Crippen molar-refractivity contribution in [3.63, 3.8) is 0 Å². The number of rotatable bonds is 4. The van der Waals surface area contributed by atoms with E-state index in [1.54, 1.807) is 0 Å². The molecule has 0 bridgehead atoms. The van der Waals surface area contributed by atoms with Gasteiger partial charge in [0.15, 0.2) is 5.82 Å². The molecule has 0 saturated carbocycles. The predicted molar refractivity (Wildman–Crippen MR) is 60.2 cm³/mol. The molecule has 0 spiro atoms. The summed E-state index contributed by atoms with van der Waals surface area (Å²) in [6.07, 6.45) is 3.82. The Balaban J connectivity index is 2.22. The SMILES string of the molecule is O=[N+]([O-])c1cncc(Br)c1NCc1ncon1. The maximum Gasteiger partial charge on any atom is 0.311 e. The van der Waals surface area contributed by atoms with Crippen LogP contribution in [0.5, 0.6) is 0 Å². The van der Waals surface area contributed by atoms with Gasteiger partial charge in [-0.05, 0) is 15.9 Å². The molecule has 0 fully saturated rings. The van der Waals surface area contributed by atoms with Crippen LogP contribution in [0, 0.1) is 10.1 Å². The third-order valence-corrected chi connectivity index (χ3v) is 2.51. The summed E-state index contributed by atoms with van der Waals surface area (Å²) in [5.74, 6) is 0.406. The normalized spacial score (nSPS) is 10.2. The Morgan fingerprint density at radius 2 is 2.35 bits per heavy atom. The molecule has 2 aromatic heterocycles. The molecule has 0 aliphatic rings. The summed E-state index contributed by atoms with van der Waals surface area (Å²) >= 11 is 3.19. The Labute approximate surface area is 103 Å². The molecule has 88 valence electrons. The molecule has 9 heteroatoms. The number of nitrogens with zero attached hydrogens (tertiary/aromatic N) is 4. The van der Waals surface area contributed by atoms with E-state index in [0.29, 0.717) is 16.0 Å². The highest BCUT2D eigenvalue weighted by atomic mass is 79.9. The Morgan fingerprint density at radius 1 is 1.53 bits per heavy atom.